The molecule has 6 nitrogen and oxygen atoms in total. The smallest absolute Gasteiger partial charge is 0.241 e. The van der Waals surface area contributed by atoms with E-state index < -0.39 is 18.0 Å². The fraction of sp³-hybridized carbons (Fsp3) is 0.312. The number of primary amides is 1. The van der Waals surface area contributed by atoms with Crippen molar-refractivity contribution in [1.29, 1.82) is 5.26 Å². The molecule has 1 aliphatic heterocycles. The number of carbonyl (C=O) groups is 2. The van der Waals surface area contributed by atoms with Crippen molar-refractivity contribution in [2.75, 3.05) is 6.54 Å². The van der Waals surface area contributed by atoms with Gasteiger partial charge in [0.15, 0.2) is 0 Å². The Morgan fingerprint density at radius 3 is 2.64 bits per heavy atom. The molecule has 1 aromatic rings. The molecular weight excluding hydrogens is 280 g/mol. The Kier molecular flexibility index (Phi) is 4.92. The summed E-state index contributed by atoms with van der Waals surface area (Å²) in [5, 5.41) is 9.42. The molecule has 0 fully saturated rings. The fourth-order valence-corrected chi connectivity index (χ4v) is 2.48. The van der Waals surface area contributed by atoms with Gasteiger partial charge in [-0.3, -0.25) is 9.59 Å². The first-order valence-corrected chi connectivity index (χ1v) is 7.04. The third-order valence-electron chi connectivity index (χ3n) is 3.65. The molecule has 114 valence electrons. The number of hydrogen-bond donors (Lipinski definition) is 2. The molecule has 2 amide bonds. The summed E-state index contributed by atoms with van der Waals surface area (Å²) in [7, 11) is 0. The molecule has 6 heteroatoms. The van der Waals surface area contributed by atoms with Gasteiger partial charge in [-0.25, -0.2) is 0 Å². The van der Waals surface area contributed by atoms with E-state index in [1.807, 2.05) is 36.4 Å². The molecule has 1 aliphatic rings. The molecule has 22 heavy (non-hydrogen) atoms. The van der Waals surface area contributed by atoms with E-state index in [1.165, 1.54) is 4.90 Å². The molecule has 0 spiro atoms. The zero-order valence-corrected chi connectivity index (χ0v) is 12.1. The van der Waals surface area contributed by atoms with Crippen molar-refractivity contribution in [3.63, 3.8) is 0 Å². The van der Waals surface area contributed by atoms with Crippen LogP contribution in [0.1, 0.15) is 18.4 Å². The van der Waals surface area contributed by atoms with Crippen LogP contribution in [0.15, 0.2) is 36.4 Å². The maximum atomic E-state index is 12.4. The molecule has 0 bridgehead atoms. The summed E-state index contributed by atoms with van der Waals surface area (Å²) in [6, 6.07) is 10.1. The van der Waals surface area contributed by atoms with Gasteiger partial charge in [0.1, 0.15) is 6.04 Å². The minimum absolute atomic E-state index is 0.0525. The quantitative estimate of drug-likeness (QED) is 0.818. The molecule has 1 heterocycles. The van der Waals surface area contributed by atoms with Crippen LogP contribution in [0.2, 0.25) is 0 Å². The highest BCUT2D eigenvalue weighted by atomic mass is 16.2. The third-order valence-corrected chi connectivity index (χ3v) is 3.65. The van der Waals surface area contributed by atoms with E-state index in [4.69, 9.17) is 11.5 Å². The summed E-state index contributed by atoms with van der Waals surface area (Å²) in [5.41, 5.74) is 12.6. The summed E-state index contributed by atoms with van der Waals surface area (Å²) in [6.07, 6.45) is 2.10. The van der Waals surface area contributed by atoms with Crippen LogP contribution >= 0.6 is 0 Å². The number of rotatable bonds is 5. The van der Waals surface area contributed by atoms with Gasteiger partial charge >= 0.3 is 0 Å². The van der Waals surface area contributed by atoms with Gasteiger partial charge in [-0.05, 0) is 17.6 Å². The summed E-state index contributed by atoms with van der Waals surface area (Å²) in [4.78, 5) is 24.6. The van der Waals surface area contributed by atoms with Crippen molar-refractivity contribution >= 4 is 17.4 Å². The molecule has 0 saturated heterocycles. The number of hydrogen-bond acceptors (Lipinski definition) is 4. The molecule has 4 N–H and O–H groups in total. The monoisotopic (exact) mass is 298 g/mol. The molecule has 0 aromatic heterocycles. The van der Waals surface area contributed by atoms with Gasteiger partial charge in [0.05, 0.1) is 12.1 Å². The molecule has 1 unspecified atom stereocenters. The lowest BCUT2D eigenvalue weighted by Gasteiger charge is -2.25. The van der Waals surface area contributed by atoms with E-state index in [-0.39, 0.29) is 18.7 Å². The molecule has 1 aromatic carbocycles. The average molecular weight is 298 g/mol. The Balaban J connectivity index is 2.10. The van der Waals surface area contributed by atoms with Crippen molar-refractivity contribution < 1.29 is 9.59 Å². The van der Waals surface area contributed by atoms with Crippen molar-refractivity contribution in [2.24, 2.45) is 11.5 Å². The lowest BCUT2D eigenvalue weighted by atomic mass is 10.0. The van der Waals surface area contributed by atoms with E-state index in [2.05, 4.69) is 6.07 Å². The van der Waals surface area contributed by atoms with Crippen LogP contribution in [0.4, 0.5) is 0 Å². The number of nitrogens with zero attached hydrogens (tertiary/aromatic N) is 2. The molecule has 0 saturated carbocycles. The van der Waals surface area contributed by atoms with Gasteiger partial charge in [0, 0.05) is 13.0 Å². The maximum absolute atomic E-state index is 12.4. The van der Waals surface area contributed by atoms with Crippen LogP contribution in [0.5, 0.6) is 0 Å². The SMILES string of the molecule is N#CC1C(c2ccccc2)=CCN1C(=O)[C@@H](N)CCC(N)=O. The van der Waals surface area contributed by atoms with Gasteiger partial charge < -0.3 is 16.4 Å². The van der Waals surface area contributed by atoms with Crippen molar-refractivity contribution in [3.8, 4) is 6.07 Å². The predicted molar refractivity (Wildman–Crippen MR) is 81.9 cm³/mol. The summed E-state index contributed by atoms with van der Waals surface area (Å²) in [5.74, 6) is -0.834. The first kappa shape index (κ1) is 15.7. The molecule has 0 radical (unpaired) electrons. The topological polar surface area (TPSA) is 113 Å². The Morgan fingerprint density at radius 1 is 1.36 bits per heavy atom. The van der Waals surface area contributed by atoms with E-state index in [9.17, 15) is 14.9 Å². The summed E-state index contributed by atoms with van der Waals surface area (Å²) >= 11 is 0. The fourth-order valence-electron chi connectivity index (χ4n) is 2.48. The number of nitriles is 1. The largest absolute Gasteiger partial charge is 0.370 e. The standard InChI is InChI=1S/C16H18N4O2/c17-10-14-12(11-4-2-1-3-5-11)8-9-20(14)16(22)13(18)6-7-15(19)21/h1-5,8,13-14H,6-7,9,18H2,(H2,19,21)/t13-,14?/m0/s1. The highest BCUT2D eigenvalue weighted by molar-refractivity contribution is 5.88. The Bertz CT molecular complexity index is 633. The van der Waals surface area contributed by atoms with Crippen LogP contribution in [-0.2, 0) is 9.59 Å². The summed E-state index contributed by atoms with van der Waals surface area (Å²) < 4.78 is 0. The minimum atomic E-state index is -0.827. The van der Waals surface area contributed by atoms with Crippen LogP contribution in [0.3, 0.4) is 0 Å². The summed E-state index contributed by atoms with van der Waals surface area (Å²) in [6.45, 7) is 0.339. The van der Waals surface area contributed by atoms with E-state index in [0.29, 0.717) is 6.54 Å². The Morgan fingerprint density at radius 2 is 2.05 bits per heavy atom. The zero-order chi connectivity index (χ0) is 16.1. The highest BCUT2D eigenvalue weighted by Gasteiger charge is 2.34. The number of nitrogens with two attached hydrogens (primary N) is 2. The Hall–Kier alpha value is -2.65. The third kappa shape index (κ3) is 3.32. The zero-order valence-electron chi connectivity index (χ0n) is 12.1. The van der Waals surface area contributed by atoms with Crippen LogP contribution in [-0.4, -0.2) is 35.3 Å². The van der Waals surface area contributed by atoms with Gasteiger partial charge in [0.2, 0.25) is 11.8 Å². The molecule has 0 aliphatic carbocycles. The number of carbonyl (C=O) groups excluding carboxylic acids is 2. The van der Waals surface area contributed by atoms with Gasteiger partial charge in [-0.2, -0.15) is 5.26 Å². The van der Waals surface area contributed by atoms with Gasteiger partial charge in [0.25, 0.3) is 0 Å². The molecule has 2 rings (SSSR count). The minimum Gasteiger partial charge on any atom is -0.370 e. The van der Waals surface area contributed by atoms with E-state index in [1.54, 1.807) is 0 Å². The normalized spacial score (nSPS) is 18.5. The second-order valence-electron chi connectivity index (χ2n) is 5.16. The van der Waals surface area contributed by atoms with Crippen LogP contribution in [0, 0.1) is 11.3 Å². The van der Waals surface area contributed by atoms with Gasteiger partial charge in [-0.1, -0.05) is 36.4 Å². The van der Waals surface area contributed by atoms with Crippen LogP contribution in [0.25, 0.3) is 5.57 Å². The number of amides is 2. The highest BCUT2D eigenvalue weighted by Crippen LogP contribution is 2.28. The lowest BCUT2D eigenvalue weighted by molar-refractivity contribution is -0.132. The predicted octanol–water partition coefficient (Wildman–Crippen LogP) is 0.397. The van der Waals surface area contributed by atoms with Gasteiger partial charge in [-0.15, -0.1) is 0 Å². The van der Waals surface area contributed by atoms with Crippen molar-refractivity contribution in [3.05, 3.63) is 42.0 Å². The first-order valence-electron chi connectivity index (χ1n) is 7.04. The average Bonchev–Trinajstić information content (AvgIpc) is 2.96. The lowest BCUT2D eigenvalue weighted by Crippen LogP contribution is -2.46. The molecule has 2 atom stereocenters. The Labute approximate surface area is 129 Å². The van der Waals surface area contributed by atoms with Crippen molar-refractivity contribution in [1.82, 2.24) is 4.90 Å². The van der Waals surface area contributed by atoms with E-state index in [0.717, 1.165) is 11.1 Å². The second kappa shape index (κ2) is 6.87. The number of benzene rings is 1. The van der Waals surface area contributed by atoms with Crippen LogP contribution < -0.4 is 11.5 Å². The first-order chi connectivity index (χ1) is 10.5. The molecular formula is C16H18N4O2. The second-order valence-corrected chi connectivity index (χ2v) is 5.16. The van der Waals surface area contributed by atoms with E-state index >= 15 is 0 Å². The maximum Gasteiger partial charge on any atom is 0.241 e. The van der Waals surface area contributed by atoms with Crippen molar-refractivity contribution in [2.45, 2.75) is 24.9 Å².